The SMILES string of the molecule is CCNC(=NCC(C)CN1CCOCC1)NC1CCN(c2cc(Cl)ccc2OC)C1. The van der Waals surface area contributed by atoms with E-state index in [-0.39, 0.29) is 0 Å². The second-order valence-electron chi connectivity index (χ2n) is 8.13. The Labute approximate surface area is 185 Å². The normalized spacial score (nSPS) is 21.5. The number of benzene rings is 1. The van der Waals surface area contributed by atoms with Crippen molar-refractivity contribution in [1.29, 1.82) is 0 Å². The molecule has 2 N–H and O–H groups in total. The van der Waals surface area contributed by atoms with E-state index in [9.17, 15) is 0 Å². The number of hydrogen-bond donors (Lipinski definition) is 2. The second-order valence-corrected chi connectivity index (χ2v) is 8.57. The first kappa shape index (κ1) is 23.0. The van der Waals surface area contributed by atoms with Crippen molar-refractivity contribution in [3.8, 4) is 5.75 Å². The van der Waals surface area contributed by atoms with Crippen LogP contribution in [0.25, 0.3) is 0 Å². The average molecular weight is 438 g/mol. The van der Waals surface area contributed by atoms with Gasteiger partial charge in [-0.3, -0.25) is 9.89 Å². The lowest BCUT2D eigenvalue weighted by atomic mass is 10.1. The molecule has 0 bridgehead atoms. The van der Waals surface area contributed by atoms with Gasteiger partial charge in [-0.1, -0.05) is 18.5 Å². The number of ether oxygens (including phenoxy) is 2. The van der Waals surface area contributed by atoms with E-state index in [0.717, 1.165) is 87.9 Å². The van der Waals surface area contributed by atoms with E-state index in [0.29, 0.717) is 12.0 Å². The lowest BCUT2D eigenvalue weighted by molar-refractivity contribution is 0.0323. The van der Waals surface area contributed by atoms with Crippen LogP contribution < -0.4 is 20.3 Å². The van der Waals surface area contributed by atoms with Crippen molar-refractivity contribution in [2.24, 2.45) is 10.9 Å². The number of aliphatic imine (C=N–C) groups is 1. The van der Waals surface area contributed by atoms with Crippen molar-refractivity contribution in [3.63, 3.8) is 0 Å². The largest absolute Gasteiger partial charge is 0.495 e. The number of methoxy groups -OCH3 is 1. The fraction of sp³-hybridized carbons (Fsp3) is 0.682. The van der Waals surface area contributed by atoms with Crippen molar-refractivity contribution in [3.05, 3.63) is 23.2 Å². The maximum Gasteiger partial charge on any atom is 0.191 e. The number of anilines is 1. The summed E-state index contributed by atoms with van der Waals surface area (Å²) in [7, 11) is 1.70. The summed E-state index contributed by atoms with van der Waals surface area (Å²) in [5.74, 6) is 2.27. The number of nitrogens with one attached hydrogen (secondary N) is 2. The minimum Gasteiger partial charge on any atom is -0.495 e. The predicted octanol–water partition coefficient (Wildman–Crippen LogP) is 2.45. The molecule has 0 aromatic heterocycles. The van der Waals surface area contributed by atoms with Crippen molar-refractivity contribution >= 4 is 23.2 Å². The van der Waals surface area contributed by atoms with E-state index >= 15 is 0 Å². The molecule has 0 amide bonds. The van der Waals surface area contributed by atoms with Gasteiger partial charge in [0.1, 0.15) is 5.75 Å². The van der Waals surface area contributed by atoms with E-state index in [1.807, 2.05) is 18.2 Å². The zero-order chi connectivity index (χ0) is 21.3. The predicted molar refractivity (Wildman–Crippen MR) is 124 cm³/mol. The fourth-order valence-corrected chi connectivity index (χ4v) is 4.22. The molecule has 0 aliphatic carbocycles. The summed E-state index contributed by atoms with van der Waals surface area (Å²) >= 11 is 6.22. The molecule has 3 rings (SSSR count). The van der Waals surface area contributed by atoms with E-state index in [1.165, 1.54) is 0 Å². The smallest absolute Gasteiger partial charge is 0.191 e. The lowest BCUT2D eigenvalue weighted by Crippen LogP contribution is -2.45. The topological polar surface area (TPSA) is 61.4 Å². The average Bonchev–Trinajstić information content (AvgIpc) is 3.21. The lowest BCUT2D eigenvalue weighted by Gasteiger charge is -2.28. The summed E-state index contributed by atoms with van der Waals surface area (Å²) in [6.45, 7) is 12.7. The molecule has 30 heavy (non-hydrogen) atoms. The van der Waals surface area contributed by atoms with Crippen LogP contribution in [0, 0.1) is 5.92 Å². The maximum absolute atomic E-state index is 6.22. The highest BCUT2D eigenvalue weighted by Gasteiger charge is 2.25. The third-order valence-corrected chi connectivity index (χ3v) is 5.82. The van der Waals surface area contributed by atoms with Crippen molar-refractivity contribution < 1.29 is 9.47 Å². The van der Waals surface area contributed by atoms with Crippen LogP contribution in [0.3, 0.4) is 0 Å². The molecule has 2 heterocycles. The Bertz CT molecular complexity index is 696. The minimum absolute atomic E-state index is 0.334. The molecule has 1 aromatic rings. The Morgan fingerprint density at radius 2 is 2.13 bits per heavy atom. The van der Waals surface area contributed by atoms with E-state index in [4.69, 9.17) is 26.1 Å². The highest BCUT2D eigenvalue weighted by atomic mass is 35.5. The molecule has 0 spiro atoms. The molecule has 1 aromatic carbocycles. The van der Waals surface area contributed by atoms with E-state index < -0.39 is 0 Å². The summed E-state index contributed by atoms with van der Waals surface area (Å²) in [6, 6.07) is 6.11. The molecule has 2 aliphatic heterocycles. The molecule has 0 radical (unpaired) electrons. The van der Waals surface area contributed by atoms with Gasteiger partial charge in [-0.15, -0.1) is 0 Å². The monoisotopic (exact) mass is 437 g/mol. The summed E-state index contributed by atoms with van der Waals surface area (Å²) in [4.78, 5) is 9.66. The van der Waals surface area contributed by atoms with Gasteiger partial charge < -0.3 is 25.0 Å². The van der Waals surface area contributed by atoms with Crippen LogP contribution >= 0.6 is 11.6 Å². The van der Waals surface area contributed by atoms with Gasteiger partial charge in [0.05, 0.1) is 26.0 Å². The molecule has 8 heteroatoms. The van der Waals surface area contributed by atoms with Gasteiger partial charge in [0.15, 0.2) is 5.96 Å². The zero-order valence-corrected chi connectivity index (χ0v) is 19.2. The third-order valence-electron chi connectivity index (χ3n) is 5.59. The molecule has 7 nitrogen and oxygen atoms in total. The fourth-order valence-electron chi connectivity index (χ4n) is 4.05. The number of guanidine groups is 1. The molecule has 168 valence electrons. The summed E-state index contributed by atoms with van der Waals surface area (Å²) in [5, 5.41) is 7.74. The Morgan fingerprint density at radius 3 is 2.87 bits per heavy atom. The molecule has 2 aliphatic rings. The van der Waals surface area contributed by atoms with Crippen LogP contribution in [0.1, 0.15) is 20.3 Å². The first-order valence-corrected chi connectivity index (χ1v) is 11.4. The molecule has 0 saturated carbocycles. The molecule has 2 fully saturated rings. The first-order valence-electron chi connectivity index (χ1n) is 11.0. The standard InChI is InChI=1S/C22H36ClN5O2/c1-4-24-22(25-14-17(2)15-27-9-11-30-12-10-27)26-19-7-8-28(16-19)20-13-18(23)5-6-21(20)29-3/h5-6,13,17,19H,4,7-12,14-16H2,1-3H3,(H2,24,25,26). The molecule has 2 unspecified atom stereocenters. The van der Waals surface area contributed by atoms with Gasteiger partial charge in [0.25, 0.3) is 0 Å². The summed E-state index contributed by atoms with van der Waals surface area (Å²) in [6.07, 6.45) is 1.05. The van der Waals surface area contributed by atoms with Crippen molar-refractivity contribution in [2.45, 2.75) is 26.3 Å². The van der Waals surface area contributed by atoms with Gasteiger partial charge >= 0.3 is 0 Å². The van der Waals surface area contributed by atoms with Crippen LogP contribution in [0.15, 0.2) is 23.2 Å². The highest BCUT2D eigenvalue weighted by Crippen LogP contribution is 2.33. The van der Waals surface area contributed by atoms with Crippen molar-refractivity contribution in [1.82, 2.24) is 15.5 Å². The molecule has 2 atom stereocenters. The third kappa shape index (κ3) is 6.65. The number of morpholine rings is 1. The Kier molecular flexibility index (Phi) is 8.90. The van der Waals surface area contributed by atoms with Crippen LogP contribution in [-0.4, -0.2) is 83.0 Å². The van der Waals surface area contributed by atoms with E-state index in [1.54, 1.807) is 7.11 Å². The number of halogens is 1. The van der Waals surface area contributed by atoms with Gasteiger partial charge in [-0.05, 0) is 37.5 Å². The highest BCUT2D eigenvalue weighted by molar-refractivity contribution is 6.30. The Balaban J connectivity index is 1.53. The Hall–Kier alpha value is -1.70. The molecular formula is C22H36ClN5O2. The minimum atomic E-state index is 0.334. The molecular weight excluding hydrogens is 402 g/mol. The number of rotatable bonds is 8. The van der Waals surface area contributed by atoms with Gasteiger partial charge in [0.2, 0.25) is 0 Å². The Morgan fingerprint density at radius 1 is 1.33 bits per heavy atom. The van der Waals surface area contributed by atoms with Crippen LogP contribution in [0.2, 0.25) is 5.02 Å². The van der Waals surface area contributed by atoms with Crippen LogP contribution in [-0.2, 0) is 4.74 Å². The maximum atomic E-state index is 6.22. The summed E-state index contributed by atoms with van der Waals surface area (Å²) < 4.78 is 11.0. The number of hydrogen-bond acceptors (Lipinski definition) is 5. The van der Waals surface area contributed by atoms with Crippen LogP contribution in [0.4, 0.5) is 5.69 Å². The van der Waals surface area contributed by atoms with E-state index in [2.05, 4.69) is 34.3 Å². The first-order chi connectivity index (χ1) is 14.6. The summed E-state index contributed by atoms with van der Waals surface area (Å²) in [5.41, 5.74) is 1.05. The quantitative estimate of drug-likeness (QED) is 0.481. The molecule has 2 saturated heterocycles. The van der Waals surface area contributed by atoms with Crippen LogP contribution in [0.5, 0.6) is 5.75 Å². The van der Waals surface area contributed by atoms with Crippen molar-refractivity contribution in [2.75, 3.05) is 71.0 Å². The second kappa shape index (κ2) is 11.6. The zero-order valence-electron chi connectivity index (χ0n) is 18.5. The van der Waals surface area contributed by atoms with Gasteiger partial charge in [-0.2, -0.15) is 0 Å². The van der Waals surface area contributed by atoms with Gasteiger partial charge in [-0.25, -0.2) is 0 Å². The number of nitrogens with zero attached hydrogens (tertiary/aromatic N) is 3. The van der Waals surface area contributed by atoms with Gasteiger partial charge in [0, 0.05) is 56.9 Å².